The maximum Gasteiger partial charge on any atom is 0.264 e. The van der Waals surface area contributed by atoms with Crippen molar-refractivity contribution in [3.63, 3.8) is 0 Å². The molecule has 2 saturated heterocycles. The van der Waals surface area contributed by atoms with Crippen molar-refractivity contribution < 1.29 is 24.2 Å². The number of ether oxygens (including phenoxy) is 2. The van der Waals surface area contributed by atoms with Crippen LogP contribution in [0.2, 0.25) is 18.6 Å². The lowest BCUT2D eigenvalue weighted by Gasteiger charge is -2.37. The number of methoxy groups -OCH3 is 1. The van der Waals surface area contributed by atoms with Crippen molar-refractivity contribution in [3.8, 4) is 5.75 Å². The number of carbonyl (C=O) groups is 2. The van der Waals surface area contributed by atoms with Crippen LogP contribution in [0.25, 0.3) is 0 Å². The Morgan fingerprint density at radius 2 is 1.92 bits per heavy atom. The molecule has 51 heavy (non-hydrogen) atoms. The van der Waals surface area contributed by atoms with Gasteiger partial charge in [0.05, 0.1) is 45.3 Å². The lowest BCUT2D eigenvalue weighted by atomic mass is 9.82. The second-order valence-electron chi connectivity index (χ2n) is 14.6. The van der Waals surface area contributed by atoms with Crippen LogP contribution in [0.15, 0.2) is 79.0 Å². The number of rotatable bonds is 12. The van der Waals surface area contributed by atoms with Gasteiger partial charge < -0.3 is 30.1 Å². The Balaban J connectivity index is 1.30. The van der Waals surface area contributed by atoms with Crippen LogP contribution in [-0.4, -0.2) is 72.4 Å². The van der Waals surface area contributed by atoms with Crippen molar-refractivity contribution in [1.29, 1.82) is 0 Å². The summed E-state index contributed by atoms with van der Waals surface area (Å²) in [5, 5.41) is 25.7. The van der Waals surface area contributed by atoms with Gasteiger partial charge in [-0.3, -0.25) is 14.3 Å². The van der Waals surface area contributed by atoms with Crippen LogP contribution in [0, 0.1) is 5.92 Å². The lowest BCUT2D eigenvalue weighted by Crippen LogP contribution is -2.51. The van der Waals surface area contributed by atoms with Crippen LogP contribution < -0.4 is 25.5 Å². The summed E-state index contributed by atoms with van der Waals surface area (Å²) in [6.07, 6.45) is 4.43. The predicted molar refractivity (Wildman–Crippen MR) is 199 cm³/mol. The van der Waals surface area contributed by atoms with Crippen molar-refractivity contribution in [2.24, 2.45) is 5.92 Å². The number of amides is 2. The van der Waals surface area contributed by atoms with E-state index in [2.05, 4.69) is 53.1 Å². The molecule has 0 bridgehead atoms. The molecule has 0 radical (unpaired) electrons. The number of aliphatic hydroxyl groups is 1. The van der Waals surface area contributed by atoms with Gasteiger partial charge in [0.15, 0.2) is 5.60 Å². The zero-order valence-corrected chi connectivity index (χ0v) is 30.8. The maximum absolute atomic E-state index is 15.2. The minimum Gasteiger partial charge on any atom is -0.497 e. The van der Waals surface area contributed by atoms with Gasteiger partial charge in [0.2, 0.25) is 5.91 Å². The Labute approximate surface area is 300 Å². The molecule has 0 unspecified atom stereocenters. The molecule has 7 rings (SSSR count). The summed E-state index contributed by atoms with van der Waals surface area (Å²) in [5.41, 5.74) is 2.80. The topological polar surface area (TPSA) is 131 Å². The van der Waals surface area contributed by atoms with E-state index in [1.54, 1.807) is 11.8 Å². The fourth-order valence-electron chi connectivity index (χ4n) is 8.66. The van der Waals surface area contributed by atoms with Crippen LogP contribution in [0.4, 0.5) is 11.4 Å². The second-order valence-corrected chi connectivity index (χ2v) is 19.3. The number of nitrogens with zero attached hydrogens (tertiary/aromatic N) is 4. The van der Waals surface area contributed by atoms with Gasteiger partial charge in [0.1, 0.15) is 5.75 Å². The van der Waals surface area contributed by atoms with Crippen LogP contribution >= 0.6 is 0 Å². The SMILES string of the molecule is COc1ccc([Si](C)(C)[C@@H]2[C@@H](CCn3cc(CCO)nn3)O[C@]3(C(=O)N(Cc4ccccc4)c4ccc(NC(=O)[C@H]5CCCN5)cc43)[C@H]2C)cc1. The van der Waals surface area contributed by atoms with Crippen molar-refractivity contribution in [2.75, 3.05) is 30.5 Å². The molecule has 5 atom stereocenters. The largest absolute Gasteiger partial charge is 0.497 e. The minimum absolute atomic E-state index is 0.00873. The van der Waals surface area contributed by atoms with Crippen LogP contribution in [-0.2, 0) is 39.4 Å². The molecule has 2 amide bonds. The van der Waals surface area contributed by atoms with E-state index in [1.807, 2.05) is 71.8 Å². The zero-order chi connectivity index (χ0) is 35.8. The number of benzene rings is 3. The molecular formula is C39H48N6O5Si. The first kappa shape index (κ1) is 35.1. The highest BCUT2D eigenvalue weighted by Crippen LogP contribution is 2.60. The third-order valence-electron chi connectivity index (χ3n) is 11.3. The quantitative estimate of drug-likeness (QED) is 0.185. The number of hydrogen-bond acceptors (Lipinski definition) is 8. The number of aromatic nitrogens is 3. The average Bonchev–Trinajstić information content (AvgIpc) is 3.93. The standard InChI is InChI=1S/C39H48N6O5Si/c1-26-36(51(3,4)31-15-13-30(49-2)14-16-31)35(18-21-44-25-29(19-22-46)42-43-44)50-39(26)32-23-28(41-37(47)33-11-8-20-40-33)12-17-34(32)45(38(39)48)24-27-9-6-5-7-10-27/h5-7,9-10,12-17,23,25-26,33,35-36,40,46H,8,11,18-22,24H2,1-4H3,(H,41,47)/t26-,33+,35+,36-,39+/m0/s1. The lowest BCUT2D eigenvalue weighted by molar-refractivity contribution is -0.146. The number of anilines is 2. The van der Waals surface area contributed by atoms with Gasteiger partial charge in [-0.1, -0.05) is 72.9 Å². The van der Waals surface area contributed by atoms with E-state index in [-0.39, 0.29) is 42.0 Å². The minimum atomic E-state index is -2.36. The Kier molecular flexibility index (Phi) is 9.86. The van der Waals surface area contributed by atoms with Gasteiger partial charge in [0, 0.05) is 42.9 Å². The molecule has 0 aliphatic carbocycles. The molecule has 0 saturated carbocycles. The average molecular weight is 709 g/mol. The molecular weight excluding hydrogens is 661 g/mol. The molecule has 3 aromatic carbocycles. The van der Waals surface area contributed by atoms with Crippen molar-refractivity contribution in [1.82, 2.24) is 20.3 Å². The molecule has 268 valence electrons. The van der Waals surface area contributed by atoms with Crippen LogP contribution in [0.3, 0.4) is 0 Å². The number of carbonyl (C=O) groups excluding carboxylic acids is 2. The van der Waals surface area contributed by atoms with E-state index in [4.69, 9.17) is 9.47 Å². The Hall–Kier alpha value is -4.36. The molecule has 4 heterocycles. The number of aryl methyl sites for hydroxylation is 1. The molecule has 1 spiro atoms. The van der Waals surface area contributed by atoms with E-state index in [0.29, 0.717) is 31.6 Å². The fourth-order valence-corrected chi connectivity index (χ4v) is 12.7. The van der Waals surface area contributed by atoms with Gasteiger partial charge in [-0.25, -0.2) is 0 Å². The molecule has 11 nitrogen and oxygen atoms in total. The first-order chi connectivity index (χ1) is 24.6. The number of aliphatic hydroxyl groups excluding tert-OH is 1. The van der Waals surface area contributed by atoms with Gasteiger partial charge in [-0.15, -0.1) is 5.10 Å². The molecule has 3 aliphatic rings. The summed E-state index contributed by atoms with van der Waals surface area (Å²) in [6, 6.07) is 24.0. The maximum atomic E-state index is 15.2. The summed E-state index contributed by atoms with van der Waals surface area (Å²) in [7, 11) is -0.687. The van der Waals surface area contributed by atoms with Gasteiger partial charge in [-0.2, -0.15) is 0 Å². The summed E-state index contributed by atoms with van der Waals surface area (Å²) in [4.78, 5) is 30.3. The molecule has 12 heteroatoms. The van der Waals surface area contributed by atoms with E-state index < -0.39 is 13.7 Å². The summed E-state index contributed by atoms with van der Waals surface area (Å²) in [6.45, 7) is 8.71. The first-order valence-corrected chi connectivity index (χ1v) is 21.1. The highest BCUT2D eigenvalue weighted by atomic mass is 28.3. The fraction of sp³-hybridized carbons (Fsp3) is 0.436. The van der Waals surface area contributed by atoms with E-state index in [0.717, 1.165) is 47.6 Å². The number of fused-ring (bicyclic) bond motifs is 2. The summed E-state index contributed by atoms with van der Waals surface area (Å²) in [5.74, 6) is 0.467. The molecule has 3 N–H and O–H groups in total. The predicted octanol–water partition coefficient (Wildman–Crippen LogP) is 4.37. The summed E-state index contributed by atoms with van der Waals surface area (Å²) < 4.78 is 14.6. The molecule has 4 aromatic rings. The smallest absolute Gasteiger partial charge is 0.264 e. The number of nitrogens with one attached hydrogen (secondary N) is 2. The van der Waals surface area contributed by atoms with Crippen molar-refractivity contribution >= 4 is 36.4 Å². The van der Waals surface area contributed by atoms with Crippen LogP contribution in [0.5, 0.6) is 5.75 Å². The van der Waals surface area contributed by atoms with E-state index >= 15 is 4.79 Å². The zero-order valence-electron chi connectivity index (χ0n) is 29.8. The first-order valence-electron chi connectivity index (χ1n) is 18.0. The monoisotopic (exact) mass is 708 g/mol. The normalized spacial score (nSPS) is 24.3. The second kappa shape index (κ2) is 14.3. The third kappa shape index (κ3) is 6.50. The van der Waals surface area contributed by atoms with Gasteiger partial charge in [0.25, 0.3) is 5.91 Å². The number of hydrogen-bond donors (Lipinski definition) is 3. The molecule has 1 aromatic heterocycles. The Morgan fingerprint density at radius 3 is 2.63 bits per heavy atom. The van der Waals surface area contributed by atoms with Crippen LogP contribution in [0.1, 0.15) is 43.0 Å². The Morgan fingerprint density at radius 1 is 1.14 bits per heavy atom. The molecule has 2 fully saturated rings. The van der Waals surface area contributed by atoms with E-state index in [9.17, 15) is 9.90 Å². The van der Waals surface area contributed by atoms with Crippen molar-refractivity contribution in [3.05, 3.63) is 95.8 Å². The van der Waals surface area contributed by atoms with Crippen molar-refractivity contribution in [2.45, 2.75) is 82.1 Å². The van der Waals surface area contributed by atoms with Gasteiger partial charge >= 0.3 is 0 Å². The Bertz CT molecular complexity index is 1860. The molecule has 3 aliphatic heterocycles. The highest BCUT2D eigenvalue weighted by Gasteiger charge is 2.66. The summed E-state index contributed by atoms with van der Waals surface area (Å²) >= 11 is 0. The van der Waals surface area contributed by atoms with E-state index in [1.165, 1.54) is 5.19 Å². The van der Waals surface area contributed by atoms with Gasteiger partial charge in [-0.05, 0) is 67.2 Å². The third-order valence-corrected chi connectivity index (χ3v) is 15.6. The highest BCUT2D eigenvalue weighted by molar-refractivity contribution is 6.91.